The van der Waals surface area contributed by atoms with Gasteiger partial charge in [0.05, 0.1) is 17.8 Å². The van der Waals surface area contributed by atoms with Gasteiger partial charge in [0.1, 0.15) is 0 Å². The Balaban J connectivity index is 2.24. The third-order valence-electron chi connectivity index (χ3n) is 4.35. The molecule has 1 aromatic heterocycles. The molecule has 1 heterocycles. The Labute approximate surface area is 141 Å². The van der Waals surface area contributed by atoms with Crippen LogP contribution in [0.3, 0.4) is 0 Å². The number of aromatic nitrogens is 2. The van der Waals surface area contributed by atoms with Crippen LogP contribution in [0.25, 0.3) is 12.2 Å². The number of benzene rings is 1. The van der Waals surface area contributed by atoms with Crippen molar-refractivity contribution >= 4 is 12.2 Å². The van der Waals surface area contributed by atoms with Gasteiger partial charge >= 0.3 is 5.69 Å². The Bertz CT molecular complexity index is 929. The lowest BCUT2D eigenvalue weighted by Gasteiger charge is -2.14. The second kappa shape index (κ2) is 6.11. The van der Waals surface area contributed by atoms with Gasteiger partial charge in [-0.15, -0.1) is 0 Å². The van der Waals surface area contributed by atoms with Gasteiger partial charge in [-0.3, -0.25) is 13.9 Å². The van der Waals surface area contributed by atoms with E-state index < -0.39 is 0 Å². The van der Waals surface area contributed by atoms with Crippen molar-refractivity contribution in [1.82, 2.24) is 9.13 Å². The average molecular weight is 322 g/mol. The minimum atomic E-state index is -0.261. The molecule has 0 bridgehead atoms. The molecule has 0 aliphatic heterocycles. The Morgan fingerprint density at radius 3 is 2.29 bits per heavy atom. The fraction of sp³-hybridized carbons (Fsp3) is 0.300. The molecule has 0 atom stereocenters. The first-order valence-electron chi connectivity index (χ1n) is 8.23. The number of rotatable bonds is 3. The summed E-state index contributed by atoms with van der Waals surface area (Å²) in [4.78, 5) is 25.8. The summed E-state index contributed by atoms with van der Waals surface area (Å²) in [5.41, 5.74) is 1.57. The standard InChI is InChI=1S/C20H22N2O2/c1-4-21-17-11-13-20(2,3)12-10-16(17)18(23)22(19(21)24)14-15-8-6-5-7-9-15/h5-13H,4,14H2,1-3H3. The van der Waals surface area contributed by atoms with Crippen LogP contribution in [0.5, 0.6) is 0 Å². The normalized spacial score (nSPS) is 15.1. The van der Waals surface area contributed by atoms with Crippen LogP contribution < -0.4 is 11.2 Å². The molecule has 0 spiro atoms. The minimum Gasteiger partial charge on any atom is -0.293 e. The highest BCUT2D eigenvalue weighted by molar-refractivity contribution is 5.65. The van der Waals surface area contributed by atoms with Gasteiger partial charge in [-0.05, 0) is 18.6 Å². The van der Waals surface area contributed by atoms with Crippen molar-refractivity contribution in [3.8, 4) is 0 Å². The van der Waals surface area contributed by atoms with Crippen LogP contribution in [0.4, 0.5) is 0 Å². The van der Waals surface area contributed by atoms with Gasteiger partial charge in [-0.1, -0.05) is 62.4 Å². The molecular formula is C20H22N2O2. The summed E-state index contributed by atoms with van der Waals surface area (Å²) in [6, 6.07) is 9.59. The van der Waals surface area contributed by atoms with Crippen molar-refractivity contribution in [3.05, 3.63) is 80.1 Å². The van der Waals surface area contributed by atoms with E-state index in [0.29, 0.717) is 17.8 Å². The molecule has 1 aromatic carbocycles. The maximum absolute atomic E-state index is 12.9. The second-order valence-corrected chi connectivity index (χ2v) is 6.69. The zero-order valence-electron chi connectivity index (χ0n) is 14.3. The zero-order chi connectivity index (χ0) is 17.3. The molecule has 0 saturated heterocycles. The topological polar surface area (TPSA) is 44.0 Å². The molecule has 4 nitrogen and oxygen atoms in total. The summed E-state index contributed by atoms with van der Waals surface area (Å²) in [5, 5.41) is 0. The number of hydrogen-bond acceptors (Lipinski definition) is 2. The van der Waals surface area contributed by atoms with Gasteiger partial charge in [0.15, 0.2) is 0 Å². The molecular weight excluding hydrogens is 300 g/mol. The van der Waals surface area contributed by atoms with Gasteiger partial charge in [0.2, 0.25) is 0 Å². The first kappa shape index (κ1) is 16.2. The van der Waals surface area contributed by atoms with Gasteiger partial charge in [0.25, 0.3) is 5.56 Å². The molecule has 1 aliphatic rings. The lowest BCUT2D eigenvalue weighted by Crippen LogP contribution is -2.42. The molecule has 0 amide bonds. The van der Waals surface area contributed by atoms with Crippen molar-refractivity contribution in [2.24, 2.45) is 5.41 Å². The summed E-state index contributed by atoms with van der Waals surface area (Å²) in [7, 11) is 0. The molecule has 3 rings (SSSR count). The van der Waals surface area contributed by atoms with Crippen molar-refractivity contribution in [2.45, 2.75) is 33.9 Å². The number of fused-ring (bicyclic) bond motifs is 1. The number of nitrogens with zero attached hydrogens (tertiary/aromatic N) is 2. The summed E-state index contributed by atoms with van der Waals surface area (Å²) in [5.74, 6) is 0. The van der Waals surface area contributed by atoms with Gasteiger partial charge in [0, 0.05) is 12.0 Å². The Kier molecular flexibility index (Phi) is 4.14. The molecule has 0 fully saturated rings. The maximum atomic E-state index is 12.9. The molecule has 0 radical (unpaired) electrons. The monoisotopic (exact) mass is 322 g/mol. The lowest BCUT2D eigenvalue weighted by atomic mass is 9.93. The molecule has 0 N–H and O–H groups in total. The van der Waals surface area contributed by atoms with Crippen molar-refractivity contribution in [3.63, 3.8) is 0 Å². The Hall–Kier alpha value is -2.62. The molecule has 1 aliphatic carbocycles. The highest BCUT2D eigenvalue weighted by Crippen LogP contribution is 2.25. The van der Waals surface area contributed by atoms with E-state index >= 15 is 0 Å². The van der Waals surface area contributed by atoms with Gasteiger partial charge in [-0.2, -0.15) is 0 Å². The third kappa shape index (κ3) is 2.92. The molecule has 4 heteroatoms. The van der Waals surface area contributed by atoms with Crippen LogP contribution in [0.15, 0.2) is 52.1 Å². The number of allylic oxidation sites excluding steroid dienone is 2. The van der Waals surface area contributed by atoms with E-state index in [0.717, 1.165) is 5.56 Å². The fourth-order valence-corrected chi connectivity index (χ4v) is 2.93. The van der Waals surface area contributed by atoms with Crippen molar-refractivity contribution in [1.29, 1.82) is 0 Å². The van der Waals surface area contributed by atoms with Crippen molar-refractivity contribution < 1.29 is 0 Å². The Morgan fingerprint density at radius 1 is 0.958 bits per heavy atom. The zero-order valence-corrected chi connectivity index (χ0v) is 14.3. The van der Waals surface area contributed by atoms with Crippen LogP contribution in [0.1, 0.15) is 37.6 Å². The smallest absolute Gasteiger partial charge is 0.293 e. The van der Waals surface area contributed by atoms with Crippen LogP contribution in [-0.4, -0.2) is 9.13 Å². The third-order valence-corrected chi connectivity index (χ3v) is 4.35. The van der Waals surface area contributed by atoms with E-state index in [1.165, 1.54) is 4.57 Å². The average Bonchev–Trinajstić information content (AvgIpc) is 2.72. The van der Waals surface area contributed by atoms with Crippen LogP contribution in [0.2, 0.25) is 0 Å². The summed E-state index contributed by atoms with van der Waals surface area (Å²) in [6.07, 6.45) is 7.79. The largest absolute Gasteiger partial charge is 0.331 e. The van der Waals surface area contributed by atoms with E-state index in [-0.39, 0.29) is 23.2 Å². The summed E-state index contributed by atoms with van der Waals surface area (Å²) in [6.45, 7) is 6.87. The van der Waals surface area contributed by atoms with Crippen molar-refractivity contribution in [2.75, 3.05) is 0 Å². The van der Waals surface area contributed by atoms with E-state index in [9.17, 15) is 9.59 Å². The van der Waals surface area contributed by atoms with Crippen LogP contribution in [-0.2, 0) is 13.1 Å². The van der Waals surface area contributed by atoms with Crippen LogP contribution in [0, 0.1) is 5.41 Å². The number of hydrogen-bond donors (Lipinski definition) is 0. The quantitative estimate of drug-likeness (QED) is 0.871. The molecule has 0 saturated carbocycles. The molecule has 0 unspecified atom stereocenters. The molecule has 124 valence electrons. The first-order valence-corrected chi connectivity index (χ1v) is 8.23. The Morgan fingerprint density at radius 2 is 1.62 bits per heavy atom. The SMILES string of the molecule is CCn1c2c(c(=O)n(Cc3ccccc3)c1=O)C=CC(C)(C)C=C2. The van der Waals surface area contributed by atoms with Gasteiger partial charge in [-0.25, -0.2) is 4.79 Å². The first-order chi connectivity index (χ1) is 11.4. The predicted octanol–water partition coefficient (Wildman–Crippen LogP) is 3.14. The summed E-state index contributed by atoms with van der Waals surface area (Å²) >= 11 is 0. The second-order valence-electron chi connectivity index (χ2n) is 6.69. The van der Waals surface area contributed by atoms with E-state index in [1.54, 1.807) is 4.57 Å². The molecule has 2 aromatic rings. The maximum Gasteiger partial charge on any atom is 0.331 e. The fourth-order valence-electron chi connectivity index (χ4n) is 2.93. The summed E-state index contributed by atoms with van der Waals surface area (Å²) < 4.78 is 3.00. The van der Waals surface area contributed by atoms with E-state index in [4.69, 9.17) is 0 Å². The van der Waals surface area contributed by atoms with E-state index in [1.807, 2.05) is 61.6 Å². The minimum absolute atomic E-state index is 0.148. The lowest BCUT2D eigenvalue weighted by molar-refractivity contribution is 0.593. The van der Waals surface area contributed by atoms with Gasteiger partial charge < -0.3 is 0 Å². The highest BCUT2D eigenvalue weighted by atomic mass is 16.2. The predicted molar refractivity (Wildman–Crippen MR) is 98.0 cm³/mol. The highest BCUT2D eigenvalue weighted by Gasteiger charge is 2.20. The van der Waals surface area contributed by atoms with Crippen LogP contribution >= 0.6 is 0 Å². The molecule has 24 heavy (non-hydrogen) atoms. The van der Waals surface area contributed by atoms with E-state index in [2.05, 4.69) is 13.8 Å².